The number of carbonyl (C=O) groups is 2. The van der Waals surface area contributed by atoms with Gasteiger partial charge in [0.2, 0.25) is 0 Å². The van der Waals surface area contributed by atoms with Crippen molar-refractivity contribution in [3.8, 4) is 0 Å². The second kappa shape index (κ2) is 7.97. The average Bonchev–Trinajstić information content (AvgIpc) is 2.43. The number of benzene rings is 1. The van der Waals surface area contributed by atoms with Crippen LogP contribution in [0.15, 0.2) is 24.3 Å². The summed E-state index contributed by atoms with van der Waals surface area (Å²) in [6, 6.07) is 7.01. The van der Waals surface area contributed by atoms with Crippen LogP contribution in [0, 0.1) is 6.92 Å². The minimum absolute atomic E-state index is 0.347. The molecule has 0 spiro atoms. The van der Waals surface area contributed by atoms with Crippen LogP contribution in [0.4, 0.5) is 4.79 Å². The summed E-state index contributed by atoms with van der Waals surface area (Å²) in [4.78, 5) is 29.3. The van der Waals surface area contributed by atoms with Gasteiger partial charge in [-0.25, -0.2) is 9.86 Å². The first-order chi connectivity index (χ1) is 10.6. The number of nitrogens with zero attached hydrogens (tertiary/aromatic N) is 1. The van der Waals surface area contributed by atoms with Crippen LogP contribution >= 0.6 is 0 Å². The minimum atomic E-state index is -0.767. The van der Waals surface area contributed by atoms with E-state index in [-0.39, 0.29) is 5.91 Å². The summed E-state index contributed by atoms with van der Waals surface area (Å²) < 4.78 is 5.23. The highest BCUT2D eigenvalue weighted by atomic mass is 16.7. The van der Waals surface area contributed by atoms with Crippen molar-refractivity contribution in [2.45, 2.75) is 45.8 Å². The van der Waals surface area contributed by atoms with Crippen molar-refractivity contribution in [1.82, 2.24) is 10.4 Å². The predicted octanol–water partition coefficient (Wildman–Crippen LogP) is 2.45. The van der Waals surface area contributed by atoms with Gasteiger partial charge in [-0.2, -0.15) is 0 Å². The van der Waals surface area contributed by atoms with Crippen LogP contribution in [0.5, 0.6) is 0 Å². The zero-order chi connectivity index (χ0) is 17.6. The smallest absolute Gasteiger partial charge is 0.408 e. The Morgan fingerprint density at radius 1 is 1.30 bits per heavy atom. The van der Waals surface area contributed by atoms with E-state index in [0.29, 0.717) is 6.42 Å². The number of ether oxygens (including phenoxy) is 1. The van der Waals surface area contributed by atoms with Gasteiger partial charge in [0.15, 0.2) is 0 Å². The maximum Gasteiger partial charge on any atom is 0.408 e. The van der Waals surface area contributed by atoms with Crippen molar-refractivity contribution in [2.75, 3.05) is 14.2 Å². The van der Waals surface area contributed by atoms with Gasteiger partial charge in [-0.15, -0.1) is 0 Å². The summed E-state index contributed by atoms with van der Waals surface area (Å²) in [7, 11) is 2.90. The average molecular weight is 322 g/mol. The number of carbonyl (C=O) groups excluding carboxylic acids is 2. The third-order valence-electron chi connectivity index (χ3n) is 3.10. The molecule has 0 fully saturated rings. The Kier molecular flexibility index (Phi) is 6.57. The predicted molar refractivity (Wildman–Crippen MR) is 87.8 cm³/mol. The third-order valence-corrected chi connectivity index (χ3v) is 3.10. The quantitative estimate of drug-likeness (QED) is 0.846. The molecule has 6 heteroatoms. The Morgan fingerprint density at radius 3 is 2.48 bits per heavy atom. The lowest BCUT2D eigenvalue weighted by Crippen LogP contribution is -2.49. The van der Waals surface area contributed by atoms with Crippen LogP contribution in [-0.2, 0) is 20.8 Å². The number of alkyl carbamates (subject to hydrolysis) is 1. The van der Waals surface area contributed by atoms with Gasteiger partial charge in [-0.3, -0.25) is 9.63 Å². The molecule has 0 saturated carbocycles. The molecule has 0 aromatic heterocycles. The molecule has 2 amide bonds. The van der Waals surface area contributed by atoms with Crippen molar-refractivity contribution >= 4 is 12.0 Å². The number of hydrogen-bond acceptors (Lipinski definition) is 4. The Balaban J connectivity index is 2.89. The molecule has 23 heavy (non-hydrogen) atoms. The number of rotatable bonds is 5. The zero-order valence-electron chi connectivity index (χ0n) is 14.7. The molecule has 0 unspecified atom stereocenters. The first-order valence-electron chi connectivity index (χ1n) is 7.49. The van der Waals surface area contributed by atoms with Crippen molar-refractivity contribution in [2.24, 2.45) is 0 Å². The monoisotopic (exact) mass is 322 g/mol. The third kappa shape index (κ3) is 6.69. The van der Waals surface area contributed by atoms with Gasteiger partial charge in [0.05, 0.1) is 7.11 Å². The van der Waals surface area contributed by atoms with Crippen molar-refractivity contribution < 1.29 is 19.2 Å². The van der Waals surface area contributed by atoms with E-state index in [1.807, 2.05) is 31.2 Å². The number of likely N-dealkylation sites (N-methyl/N-ethyl adjacent to an activating group) is 1. The van der Waals surface area contributed by atoms with Crippen LogP contribution in [0.25, 0.3) is 0 Å². The van der Waals surface area contributed by atoms with Crippen LogP contribution in [0.3, 0.4) is 0 Å². The molecule has 0 saturated heterocycles. The summed E-state index contributed by atoms with van der Waals surface area (Å²) in [5.41, 5.74) is 1.41. The van der Waals surface area contributed by atoms with Gasteiger partial charge in [-0.05, 0) is 33.3 Å². The molecule has 0 bridgehead atoms. The second-order valence-electron chi connectivity index (χ2n) is 6.41. The van der Waals surface area contributed by atoms with Gasteiger partial charge < -0.3 is 10.1 Å². The molecule has 1 aromatic carbocycles. The van der Waals surface area contributed by atoms with E-state index < -0.39 is 17.7 Å². The van der Waals surface area contributed by atoms with Crippen molar-refractivity contribution in [3.05, 3.63) is 35.4 Å². The molecular weight excluding hydrogens is 296 g/mol. The van der Waals surface area contributed by atoms with E-state index in [1.54, 1.807) is 20.8 Å². The van der Waals surface area contributed by atoms with Crippen LogP contribution in [0.2, 0.25) is 0 Å². The molecular formula is C17H26N2O4. The highest BCUT2D eigenvalue weighted by molar-refractivity contribution is 5.85. The molecule has 0 aliphatic rings. The van der Waals surface area contributed by atoms with E-state index >= 15 is 0 Å². The van der Waals surface area contributed by atoms with Crippen LogP contribution < -0.4 is 5.32 Å². The number of hydrogen-bond donors (Lipinski definition) is 1. The topological polar surface area (TPSA) is 67.9 Å². The number of hydroxylamine groups is 2. The van der Waals surface area contributed by atoms with Gasteiger partial charge >= 0.3 is 6.09 Å². The molecule has 0 aliphatic carbocycles. The first-order valence-corrected chi connectivity index (χ1v) is 7.49. The normalized spacial score (nSPS) is 12.4. The van der Waals surface area contributed by atoms with E-state index in [1.165, 1.54) is 14.2 Å². The summed E-state index contributed by atoms with van der Waals surface area (Å²) in [5, 5.41) is 3.72. The fraction of sp³-hybridized carbons (Fsp3) is 0.529. The van der Waals surface area contributed by atoms with Crippen molar-refractivity contribution in [3.63, 3.8) is 0 Å². The second-order valence-corrected chi connectivity index (χ2v) is 6.41. The Morgan fingerprint density at radius 2 is 1.96 bits per heavy atom. The number of nitrogens with one attached hydrogen (secondary N) is 1. The van der Waals surface area contributed by atoms with Gasteiger partial charge in [-0.1, -0.05) is 29.8 Å². The standard InChI is InChI=1S/C17H26N2O4/c1-12-8-7-9-13(10-12)11-14(15(20)19(5)22-6)18-16(21)23-17(2,3)4/h7-10,14H,11H2,1-6H3,(H,18,21)/t14-/m0/s1. The molecule has 128 valence electrons. The lowest BCUT2D eigenvalue weighted by Gasteiger charge is -2.25. The van der Waals surface area contributed by atoms with Gasteiger partial charge in [0, 0.05) is 13.5 Å². The molecule has 1 N–H and O–H groups in total. The number of amides is 2. The highest BCUT2D eigenvalue weighted by Crippen LogP contribution is 2.11. The molecule has 1 rings (SSSR count). The van der Waals surface area contributed by atoms with E-state index in [2.05, 4.69) is 5.32 Å². The molecule has 1 aromatic rings. The Labute approximate surface area is 137 Å². The van der Waals surface area contributed by atoms with E-state index in [0.717, 1.165) is 16.2 Å². The molecule has 6 nitrogen and oxygen atoms in total. The Bertz CT molecular complexity index is 552. The van der Waals surface area contributed by atoms with Gasteiger partial charge in [0.25, 0.3) is 5.91 Å². The summed E-state index contributed by atoms with van der Waals surface area (Å²) in [6.45, 7) is 7.28. The van der Waals surface area contributed by atoms with Gasteiger partial charge in [0.1, 0.15) is 11.6 Å². The van der Waals surface area contributed by atoms with Crippen LogP contribution in [0.1, 0.15) is 31.9 Å². The van der Waals surface area contributed by atoms with E-state index in [9.17, 15) is 9.59 Å². The Hall–Kier alpha value is -2.08. The lowest BCUT2D eigenvalue weighted by molar-refractivity contribution is -0.171. The summed E-state index contributed by atoms with van der Waals surface area (Å²) in [6.07, 6.45) is -0.277. The fourth-order valence-electron chi connectivity index (χ4n) is 2.03. The van der Waals surface area contributed by atoms with Crippen molar-refractivity contribution in [1.29, 1.82) is 0 Å². The molecule has 0 heterocycles. The first kappa shape index (κ1) is 19.0. The maximum absolute atomic E-state index is 12.4. The maximum atomic E-state index is 12.4. The minimum Gasteiger partial charge on any atom is -0.444 e. The lowest BCUT2D eigenvalue weighted by atomic mass is 10.0. The summed E-state index contributed by atoms with van der Waals surface area (Å²) >= 11 is 0. The molecule has 0 radical (unpaired) electrons. The fourth-order valence-corrected chi connectivity index (χ4v) is 2.03. The zero-order valence-corrected chi connectivity index (χ0v) is 14.7. The molecule has 0 aliphatic heterocycles. The highest BCUT2D eigenvalue weighted by Gasteiger charge is 2.27. The largest absolute Gasteiger partial charge is 0.444 e. The number of aryl methyl sites for hydroxylation is 1. The van der Waals surface area contributed by atoms with E-state index in [4.69, 9.17) is 9.57 Å². The van der Waals surface area contributed by atoms with Crippen LogP contribution in [-0.4, -0.2) is 42.9 Å². The SMILES string of the molecule is CON(C)C(=O)[C@H](Cc1cccc(C)c1)NC(=O)OC(C)(C)C. The molecule has 1 atom stereocenters. The summed E-state index contributed by atoms with van der Waals surface area (Å²) in [5.74, 6) is -0.347.